The molecule has 0 N–H and O–H groups in total. The Morgan fingerprint density at radius 1 is 0.933 bits per heavy atom. The number of fused-ring (bicyclic) bond motifs is 1. The minimum Gasteiger partial charge on any atom is -0.405 e. The smallest absolute Gasteiger partial charge is 0.405 e. The number of benzene rings is 2. The van der Waals surface area contributed by atoms with Crippen molar-refractivity contribution in [1.29, 1.82) is 0 Å². The molecule has 2 aromatic carbocycles. The highest BCUT2D eigenvalue weighted by atomic mass is 35.5. The van der Waals surface area contributed by atoms with E-state index in [0.717, 1.165) is 24.3 Å². The predicted molar refractivity (Wildman–Crippen MR) is 99.8 cm³/mol. The summed E-state index contributed by atoms with van der Waals surface area (Å²) in [6, 6.07) is 8.50. The Morgan fingerprint density at radius 2 is 1.73 bits per heavy atom. The van der Waals surface area contributed by atoms with Crippen LogP contribution in [-0.2, 0) is 0 Å². The third-order valence-electron chi connectivity index (χ3n) is 4.14. The van der Waals surface area contributed by atoms with E-state index in [0.29, 0.717) is 5.56 Å². The minimum atomic E-state index is -5.07. The van der Waals surface area contributed by atoms with Crippen LogP contribution in [0.2, 0.25) is 5.15 Å². The van der Waals surface area contributed by atoms with E-state index >= 15 is 0 Å². The van der Waals surface area contributed by atoms with Gasteiger partial charge in [-0.15, -0.1) is 13.2 Å². The molecule has 0 spiro atoms. The lowest BCUT2D eigenvalue weighted by Crippen LogP contribution is -2.18. The molecular weight excluding hydrogens is 429 g/mol. The van der Waals surface area contributed by atoms with Crippen molar-refractivity contribution in [3.8, 4) is 28.3 Å². The molecule has 0 amide bonds. The molecule has 0 saturated heterocycles. The minimum absolute atomic E-state index is 0.0219. The monoisotopic (exact) mass is 437 g/mol. The van der Waals surface area contributed by atoms with Crippen LogP contribution in [0.15, 0.2) is 54.9 Å². The number of hydrogen-bond acceptors (Lipinski definition) is 4. The van der Waals surface area contributed by atoms with Gasteiger partial charge in [0.2, 0.25) is 0 Å². The van der Waals surface area contributed by atoms with Crippen LogP contribution in [0.3, 0.4) is 0 Å². The van der Waals surface area contributed by atoms with Crippen molar-refractivity contribution in [2.75, 3.05) is 0 Å². The third kappa shape index (κ3) is 3.88. The number of alkyl halides is 3. The van der Waals surface area contributed by atoms with Gasteiger partial charge in [0.25, 0.3) is 0 Å². The van der Waals surface area contributed by atoms with E-state index in [-0.39, 0.29) is 27.4 Å². The Hall–Kier alpha value is -3.33. The molecule has 10 heteroatoms. The lowest BCUT2D eigenvalue weighted by Gasteiger charge is -2.16. The van der Waals surface area contributed by atoms with E-state index in [2.05, 4.69) is 19.7 Å². The van der Waals surface area contributed by atoms with E-state index in [1.807, 2.05) is 0 Å². The molecule has 0 fully saturated rings. The molecule has 4 rings (SSSR count). The van der Waals surface area contributed by atoms with Gasteiger partial charge >= 0.3 is 6.36 Å². The topological polar surface area (TPSA) is 47.9 Å². The van der Waals surface area contributed by atoms with Gasteiger partial charge in [-0.3, -0.25) is 4.98 Å². The summed E-state index contributed by atoms with van der Waals surface area (Å²) in [6.45, 7) is 0. The second kappa shape index (κ2) is 7.49. The molecule has 0 bridgehead atoms. The molecule has 0 radical (unpaired) electrons. The van der Waals surface area contributed by atoms with Crippen molar-refractivity contribution in [3.05, 3.63) is 71.6 Å². The molecule has 0 aliphatic rings. The summed E-state index contributed by atoms with van der Waals surface area (Å²) in [6.07, 6.45) is -2.09. The van der Waals surface area contributed by atoms with Gasteiger partial charge in [-0.05, 0) is 24.3 Å². The van der Waals surface area contributed by atoms with Crippen molar-refractivity contribution in [2.24, 2.45) is 0 Å². The average Bonchev–Trinajstić information content (AvgIpc) is 2.69. The van der Waals surface area contributed by atoms with E-state index in [9.17, 15) is 22.0 Å². The SMILES string of the molecule is Fc1cccc(-c2cc3c(Cl)nc(-c4cccnc4)nc3cc2OC(F)(F)F)c1F. The van der Waals surface area contributed by atoms with Gasteiger partial charge in [-0.2, -0.15) is 0 Å². The summed E-state index contributed by atoms with van der Waals surface area (Å²) in [7, 11) is 0. The fourth-order valence-corrected chi connectivity index (χ4v) is 3.11. The molecule has 0 aliphatic heterocycles. The van der Waals surface area contributed by atoms with E-state index in [1.165, 1.54) is 18.5 Å². The molecular formula is C20H9ClF5N3O. The second-order valence-electron chi connectivity index (χ2n) is 6.09. The third-order valence-corrected chi connectivity index (χ3v) is 4.43. The van der Waals surface area contributed by atoms with Crippen molar-refractivity contribution < 1.29 is 26.7 Å². The first-order valence-electron chi connectivity index (χ1n) is 8.35. The van der Waals surface area contributed by atoms with Crippen molar-refractivity contribution in [2.45, 2.75) is 6.36 Å². The maximum absolute atomic E-state index is 14.3. The summed E-state index contributed by atoms with van der Waals surface area (Å²) >= 11 is 6.23. The van der Waals surface area contributed by atoms with Crippen LogP contribution < -0.4 is 4.74 Å². The van der Waals surface area contributed by atoms with Crippen LogP contribution in [0.4, 0.5) is 22.0 Å². The molecule has 2 aromatic heterocycles. The first-order valence-corrected chi connectivity index (χ1v) is 8.72. The van der Waals surface area contributed by atoms with Crippen LogP contribution in [0, 0.1) is 11.6 Å². The first kappa shape index (κ1) is 20.0. The fourth-order valence-electron chi connectivity index (χ4n) is 2.87. The van der Waals surface area contributed by atoms with E-state index in [1.54, 1.807) is 12.1 Å². The molecule has 0 saturated carbocycles. The Balaban J connectivity index is 1.98. The molecule has 152 valence electrons. The van der Waals surface area contributed by atoms with Crippen LogP contribution >= 0.6 is 11.6 Å². The molecule has 4 aromatic rings. The summed E-state index contributed by atoms with van der Waals surface area (Å²) in [5.41, 5.74) is -0.270. The Labute approximate surface area is 170 Å². The predicted octanol–water partition coefficient (Wildman–Crippen LogP) is 6.19. The number of ether oxygens (including phenoxy) is 1. The zero-order chi connectivity index (χ0) is 21.5. The number of aromatic nitrogens is 3. The molecule has 2 heterocycles. The van der Waals surface area contributed by atoms with Gasteiger partial charge in [0.15, 0.2) is 17.5 Å². The zero-order valence-electron chi connectivity index (χ0n) is 14.7. The van der Waals surface area contributed by atoms with Crippen LogP contribution in [0.5, 0.6) is 5.75 Å². The summed E-state index contributed by atoms with van der Waals surface area (Å²) < 4.78 is 71.0. The normalized spacial score (nSPS) is 11.7. The maximum Gasteiger partial charge on any atom is 0.573 e. The molecule has 0 unspecified atom stereocenters. The maximum atomic E-state index is 14.3. The van der Waals surface area contributed by atoms with Gasteiger partial charge < -0.3 is 4.74 Å². The standard InChI is InChI=1S/C20H9ClF5N3O/c21-18-13-7-12(11-4-1-5-14(22)17(11)23)16(30-20(24,25)26)8-15(13)28-19(29-18)10-3-2-6-27-9-10/h1-9H. The first-order chi connectivity index (χ1) is 14.2. The lowest BCUT2D eigenvalue weighted by atomic mass is 10.0. The van der Waals surface area contributed by atoms with Gasteiger partial charge in [0, 0.05) is 40.5 Å². The largest absolute Gasteiger partial charge is 0.573 e. The van der Waals surface area contributed by atoms with E-state index < -0.39 is 29.3 Å². The molecule has 30 heavy (non-hydrogen) atoms. The Morgan fingerprint density at radius 3 is 2.43 bits per heavy atom. The molecule has 0 atom stereocenters. The lowest BCUT2D eigenvalue weighted by molar-refractivity contribution is -0.274. The van der Waals surface area contributed by atoms with Gasteiger partial charge in [0.05, 0.1) is 5.52 Å². The highest BCUT2D eigenvalue weighted by molar-refractivity contribution is 6.34. The van der Waals surface area contributed by atoms with Crippen LogP contribution in [-0.4, -0.2) is 21.3 Å². The summed E-state index contributed by atoms with van der Waals surface area (Å²) in [4.78, 5) is 12.3. The van der Waals surface area contributed by atoms with Crippen LogP contribution in [0.25, 0.3) is 33.4 Å². The fraction of sp³-hybridized carbons (Fsp3) is 0.0500. The highest BCUT2D eigenvalue weighted by Gasteiger charge is 2.33. The quantitative estimate of drug-likeness (QED) is 0.283. The van der Waals surface area contributed by atoms with Gasteiger partial charge in [-0.1, -0.05) is 23.7 Å². The van der Waals surface area contributed by atoms with Crippen molar-refractivity contribution in [3.63, 3.8) is 0 Å². The number of hydrogen-bond donors (Lipinski definition) is 0. The summed E-state index contributed by atoms with van der Waals surface area (Å²) in [5.74, 6) is -3.18. The van der Waals surface area contributed by atoms with Crippen molar-refractivity contribution in [1.82, 2.24) is 15.0 Å². The van der Waals surface area contributed by atoms with Gasteiger partial charge in [-0.25, -0.2) is 18.7 Å². The number of nitrogens with zero attached hydrogens (tertiary/aromatic N) is 3. The second-order valence-corrected chi connectivity index (χ2v) is 6.45. The Bertz CT molecular complexity index is 1250. The van der Waals surface area contributed by atoms with Crippen molar-refractivity contribution >= 4 is 22.5 Å². The number of rotatable bonds is 3. The number of halogens is 6. The number of pyridine rings is 1. The summed E-state index contributed by atoms with van der Waals surface area (Å²) in [5, 5.41) is 0.0490. The average molecular weight is 438 g/mol. The zero-order valence-corrected chi connectivity index (χ0v) is 15.5. The Kier molecular flexibility index (Phi) is 4.98. The molecule has 0 aliphatic carbocycles. The van der Waals surface area contributed by atoms with E-state index in [4.69, 9.17) is 11.6 Å². The van der Waals surface area contributed by atoms with Crippen LogP contribution in [0.1, 0.15) is 0 Å². The highest BCUT2D eigenvalue weighted by Crippen LogP contribution is 2.40. The van der Waals surface area contributed by atoms with Gasteiger partial charge in [0.1, 0.15) is 10.9 Å². The molecule has 4 nitrogen and oxygen atoms in total.